The molecule has 334 valence electrons. The standard InChI is InChI=1S/C66H45N5/c1-66(2)56-40-45(55-39-44(42-18-5-3-6-19-42)34-37-62(55)71-60-30-15-11-26-53(60)54-27-12-16-31-61(54)71)32-35-49(56)50-36-33-47(41-57(50)66)65-68-63(43-20-7-4-8-21-43)67-64(69-65)46-22-17-23-48(38-46)70-58-28-13-9-24-51(58)52-25-10-14-29-59(52)70/h3-41H,1-2H3. The molecule has 3 aromatic heterocycles. The van der Waals surface area contributed by atoms with E-state index in [0.29, 0.717) is 17.5 Å². The van der Waals surface area contributed by atoms with E-state index in [2.05, 4.69) is 241 Å². The molecule has 3 heterocycles. The second-order valence-corrected chi connectivity index (χ2v) is 19.2. The minimum absolute atomic E-state index is 0.324. The molecule has 10 aromatic carbocycles. The van der Waals surface area contributed by atoms with E-state index in [-0.39, 0.29) is 5.41 Å². The Bertz CT molecular complexity index is 4150. The summed E-state index contributed by atoms with van der Waals surface area (Å²) in [5.74, 6) is 1.90. The van der Waals surface area contributed by atoms with Crippen LogP contribution in [-0.4, -0.2) is 24.1 Å². The van der Waals surface area contributed by atoms with Gasteiger partial charge in [-0.3, -0.25) is 0 Å². The highest BCUT2D eigenvalue weighted by Crippen LogP contribution is 2.51. The fraction of sp³-hybridized carbons (Fsp3) is 0.0455. The van der Waals surface area contributed by atoms with Crippen LogP contribution >= 0.6 is 0 Å². The number of hydrogen-bond acceptors (Lipinski definition) is 3. The second kappa shape index (κ2) is 15.9. The van der Waals surface area contributed by atoms with Crippen LogP contribution in [0.3, 0.4) is 0 Å². The Labute approximate surface area is 411 Å². The third-order valence-electron chi connectivity index (χ3n) is 14.8. The Kier molecular flexibility index (Phi) is 9.17. The number of para-hydroxylation sites is 4. The van der Waals surface area contributed by atoms with Gasteiger partial charge in [0.1, 0.15) is 0 Å². The Hall–Kier alpha value is -9.19. The molecular formula is C66H45N5. The van der Waals surface area contributed by atoms with Gasteiger partial charge < -0.3 is 9.13 Å². The lowest BCUT2D eigenvalue weighted by Crippen LogP contribution is -2.15. The van der Waals surface area contributed by atoms with Crippen molar-refractivity contribution in [3.05, 3.63) is 248 Å². The lowest BCUT2D eigenvalue weighted by molar-refractivity contribution is 0.661. The predicted molar refractivity (Wildman–Crippen MR) is 293 cm³/mol. The van der Waals surface area contributed by atoms with Crippen molar-refractivity contribution in [3.8, 4) is 78.9 Å². The molecule has 0 atom stereocenters. The first kappa shape index (κ1) is 40.8. The van der Waals surface area contributed by atoms with Crippen LogP contribution in [0.15, 0.2) is 237 Å². The van der Waals surface area contributed by atoms with E-state index in [1.807, 2.05) is 18.2 Å². The van der Waals surface area contributed by atoms with Crippen molar-refractivity contribution < 1.29 is 0 Å². The first-order valence-corrected chi connectivity index (χ1v) is 24.3. The molecule has 0 saturated heterocycles. The van der Waals surface area contributed by atoms with Crippen molar-refractivity contribution in [1.29, 1.82) is 0 Å². The van der Waals surface area contributed by atoms with Gasteiger partial charge in [0.05, 0.1) is 27.8 Å². The third-order valence-corrected chi connectivity index (χ3v) is 14.8. The third kappa shape index (κ3) is 6.51. The average Bonchev–Trinajstić information content (AvgIpc) is 4.04. The molecule has 0 bridgehead atoms. The molecule has 5 heteroatoms. The molecule has 0 amide bonds. The first-order chi connectivity index (χ1) is 35.0. The lowest BCUT2D eigenvalue weighted by Gasteiger charge is -2.23. The maximum Gasteiger partial charge on any atom is 0.164 e. The number of nitrogens with zero attached hydrogens (tertiary/aromatic N) is 5. The monoisotopic (exact) mass is 907 g/mol. The van der Waals surface area contributed by atoms with E-state index in [0.717, 1.165) is 39.1 Å². The summed E-state index contributed by atoms with van der Waals surface area (Å²) in [7, 11) is 0. The molecule has 13 aromatic rings. The SMILES string of the molecule is CC1(C)c2cc(-c3nc(-c4ccccc4)nc(-c4cccc(-n5c6ccccc6c6ccccc65)c4)n3)ccc2-c2ccc(-c3cc(-c4ccccc4)ccc3-n3c4ccccc4c4ccccc43)cc21. The van der Waals surface area contributed by atoms with E-state index in [9.17, 15) is 0 Å². The highest BCUT2D eigenvalue weighted by Gasteiger charge is 2.36. The molecule has 5 nitrogen and oxygen atoms in total. The Morgan fingerprint density at radius 3 is 1.28 bits per heavy atom. The fourth-order valence-electron chi connectivity index (χ4n) is 11.3. The first-order valence-electron chi connectivity index (χ1n) is 24.3. The highest BCUT2D eigenvalue weighted by molar-refractivity contribution is 6.10. The summed E-state index contributed by atoms with van der Waals surface area (Å²) in [6.45, 7) is 4.71. The van der Waals surface area contributed by atoms with Crippen molar-refractivity contribution in [2.45, 2.75) is 19.3 Å². The molecule has 0 radical (unpaired) electrons. The van der Waals surface area contributed by atoms with Gasteiger partial charge in [-0.25, -0.2) is 15.0 Å². The van der Waals surface area contributed by atoms with Gasteiger partial charge >= 0.3 is 0 Å². The smallest absolute Gasteiger partial charge is 0.164 e. The Morgan fingerprint density at radius 2 is 0.718 bits per heavy atom. The van der Waals surface area contributed by atoms with Crippen LogP contribution in [0.5, 0.6) is 0 Å². The molecule has 71 heavy (non-hydrogen) atoms. The zero-order valence-corrected chi connectivity index (χ0v) is 39.3. The zero-order valence-electron chi connectivity index (χ0n) is 39.3. The average molecular weight is 908 g/mol. The summed E-state index contributed by atoms with van der Waals surface area (Å²) in [6.07, 6.45) is 0. The summed E-state index contributed by atoms with van der Waals surface area (Å²) >= 11 is 0. The predicted octanol–water partition coefficient (Wildman–Crippen LogP) is 16.7. The number of fused-ring (bicyclic) bond motifs is 9. The van der Waals surface area contributed by atoms with Crippen molar-refractivity contribution >= 4 is 43.6 Å². The van der Waals surface area contributed by atoms with E-state index in [4.69, 9.17) is 15.0 Å². The van der Waals surface area contributed by atoms with Crippen LogP contribution in [0.1, 0.15) is 25.0 Å². The second-order valence-electron chi connectivity index (χ2n) is 19.2. The quantitative estimate of drug-likeness (QED) is 0.160. The molecule has 0 unspecified atom stereocenters. The summed E-state index contributed by atoms with van der Waals surface area (Å²) in [5, 5.41) is 4.94. The summed E-state index contributed by atoms with van der Waals surface area (Å²) in [6, 6.07) is 85.1. The van der Waals surface area contributed by atoms with Crippen molar-refractivity contribution in [3.63, 3.8) is 0 Å². The van der Waals surface area contributed by atoms with Crippen LogP contribution in [-0.2, 0) is 5.41 Å². The molecule has 14 rings (SSSR count). The molecular weight excluding hydrogens is 863 g/mol. The van der Waals surface area contributed by atoms with Crippen LogP contribution in [0.25, 0.3) is 123 Å². The minimum Gasteiger partial charge on any atom is -0.309 e. The molecule has 1 aliphatic carbocycles. The Morgan fingerprint density at radius 1 is 0.296 bits per heavy atom. The maximum atomic E-state index is 5.30. The van der Waals surface area contributed by atoms with Gasteiger partial charge in [-0.1, -0.05) is 190 Å². The van der Waals surface area contributed by atoms with Gasteiger partial charge in [-0.15, -0.1) is 0 Å². The Balaban J connectivity index is 0.892. The lowest BCUT2D eigenvalue weighted by atomic mass is 9.81. The zero-order chi connectivity index (χ0) is 47.2. The van der Waals surface area contributed by atoms with Gasteiger partial charge in [0.15, 0.2) is 17.5 Å². The van der Waals surface area contributed by atoms with Gasteiger partial charge in [0, 0.05) is 54.9 Å². The molecule has 0 aliphatic heterocycles. The van der Waals surface area contributed by atoms with Gasteiger partial charge in [-0.05, 0) is 99.6 Å². The van der Waals surface area contributed by atoms with Gasteiger partial charge in [-0.2, -0.15) is 0 Å². The molecule has 0 saturated carbocycles. The molecule has 0 N–H and O–H groups in total. The highest BCUT2D eigenvalue weighted by atomic mass is 15.0. The van der Waals surface area contributed by atoms with Crippen LogP contribution in [0.4, 0.5) is 0 Å². The summed E-state index contributed by atoms with van der Waals surface area (Å²) in [4.78, 5) is 15.7. The minimum atomic E-state index is -0.324. The van der Waals surface area contributed by atoms with Crippen molar-refractivity contribution in [1.82, 2.24) is 24.1 Å². The van der Waals surface area contributed by atoms with Gasteiger partial charge in [0.2, 0.25) is 0 Å². The normalized spacial score (nSPS) is 12.8. The van der Waals surface area contributed by atoms with E-state index >= 15 is 0 Å². The van der Waals surface area contributed by atoms with Crippen molar-refractivity contribution in [2.24, 2.45) is 0 Å². The maximum absolute atomic E-state index is 5.30. The van der Waals surface area contributed by atoms with E-state index in [1.54, 1.807) is 0 Å². The number of rotatable bonds is 7. The molecule has 0 spiro atoms. The van der Waals surface area contributed by atoms with Crippen LogP contribution in [0.2, 0.25) is 0 Å². The van der Waals surface area contributed by atoms with Crippen LogP contribution in [0, 0.1) is 0 Å². The summed E-state index contributed by atoms with van der Waals surface area (Å²) in [5.41, 5.74) is 19.1. The molecule has 0 fully saturated rings. The summed E-state index contributed by atoms with van der Waals surface area (Å²) < 4.78 is 4.78. The number of benzene rings is 10. The fourth-order valence-corrected chi connectivity index (χ4v) is 11.3. The number of hydrogen-bond donors (Lipinski definition) is 0. The van der Waals surface area contributed by atoms with Crippen LogP contribution < -0.4 is 0 Å². The van der Waals surface area contributed by atoms with E-state index in [1.165, 1.54) is 77.1 Å². The van der Waals surface area contributed by atoms with Gasteiger partial charge in [0.25, 0.3) is 0 Å². The number of aromatic nitrogens is 5. The van der Waals surface area contributed by atoms with E-state index < -0.39 is 0 Å². The molecule has 1 aliphatic rings. The van der Waals surface area contributed by atoms with Crippen molar-refractivity contribution in [2.75, 3.05) is 0 Å². The topological polar surface area (TPSA) is 48.5 Å². The largest absolute Gasteiger partial charge is 0.309 e.